The highest BCUT2D eigenvalue weighted by molar-refractivity contribution is 7.08. The molecule has 8 heteroatoms. The van der Waals surface area contributed by atoms with Crippen molar-refractivity contribution in [2.75, 3.05) is 13.1 Å². The number of aliphatic hydroxyl groups excluding tert-OH is 1. The summed E-state index contributed by atoms with van der Waals surface area (Å²) in [7, 11) is 0. The lowest BCUT2D eigenvalue weighted by molar-refractivity contribution is 0.0755. The van der Waals surface area contributed by atoms with Gasteiger partial charge in [0.1, 0.15) is 4.88 Å². The molecular formula is C15H21N5O2S. The Bertz CT molecular complexity index is 642. The molecule has 3 heterocycles. The quantitative estimate of drug-likeness (QED) is 0.916. The van der Waals surface area contributed by atoms with Crippen molar-refractivity contribution in [3.63, 3.8) is 0 Å². The van der Waals surface area contributed by atoms with E-state index in [0.717, 1.165) is 18.5 Å². The zero-order chi connectivity index (χ0) is 16.2. The number of amides is 1. The van der Waals surface area contributed by atoms with Gasteiger partial charge in [-0.15, -0.1) is 5.10 Å². The molecule has 1 N–H and O–H groups in total. The fraction of sp³-hybridized carbons (Fsp3) is 0.600. The molecule has 1 fully saturated rings. The molecule has 0 aliphatic carbocycles. The van der Waals surface area contributed by atoms with Gasteiger partial charge < -0.3 is 14.6 Å². The molecule has 0 unspecified atom stereocenters. The minimum absolute atomic E-state index is 0.0121. The molecule has 0 saturated carbocycles. The summed E-state index contributed by atoms with van der Waals surface area (Å²) in [4.78, 5) is 19.3. The lowest BCUT2D eigenvalue weighted by Gasteiger charge is -2.21. The molecule has 3 rings (SSSR count). The number of hydrogen-bond donors (Lipinski definition) is 1. The second-order valence-electron chi connectivity index (χ2n) is 5.81. The summed E-state index contributed by atoms with van der Waals surface area (Å²) in [5.41, 5.74) is 0.790. The van der Waals surface area contributed by atoms with Crippen molar-refractivity contribution >= 4 is 17.4 Å². The molecule has 2 aromatic rings. The van der Waals surface area contributed by atoms with Gasteiger partial charge in [-0.2, -0.15) is 0 Å². The molecule has 1 aliphatic rings. The summed E-state index contributed by atoms with van der Waals surface area (Å²) < 4.78 is 5.86. The van der Waals surface area contributed by atoms with Crippen molar-refractivity contribution in [1.82, 2.24) is 24.0 Å². The molecule has 7 nitrogen and oxygen atoms in total. The number of nitrogens with zero attached hydrogens (tertiary/aromatic N) is 5. The molecule has 0 aromatic carbocycles. The van der Waals surface area contributed by atoms with Crippen molar-refractivity contribution in [3.8, 4) is 0 Å². The highest BCUT2D eigenvalue weighted by Crippen LogP contribution is 2.25. The largest absolute Gasteiger partial charge is 0.391 e. The summed E-state index contributed by atoms with van der Waals surface area (Å²) in [6.45, 7) is 3.22. The lowest BCUT2D eigenvalue weighted by Crippen LogP contribution is -2.32. The van der Waals surface area contributed by atoms with E-state index in [4.69, 9.17) is 0 Å². The fourth-order valence-electron chi connectivity index (χ4n) is 3.00. The van der Waals surface area contributed by atoms with Gasteiger partial charge in [-0.3, -0.25) is 4.79 Å². The topological polar surface area (TPSA) is 84.1 Å². The lowest BCUT2D eigenvalue weighted by atomic mass is 10.1. The predicted octanol–water partition coefficient (Wildman–Crippen LogP) is 1.53. The van der Waals surface area contributed by atoms with E-state index in [9.17, 15) is 9.90 Å². The molecule has 23 heavy (non-hydrogen) atoms. The standard InChI is InChI=1S/C15H21N5O2S/c1-2-3-11-14(23-18-17-11)15(22)19-7-4-12(13(21)5-8-19)20-9-6-16-10-20/h6,9-10,12-13,21H,2-5,7-8H2,1H3/t12-,13-/m0/s1. The summed E-state index contributed by atoms with van der Waals surface area (Å²) in [5.74, 6) is -0.0121. The molecule has 0 bridgehead atoms. The minimum atomic E-state index is -0.475. The molecule has 124 valence electrons. The van der Waals surface area contributed by atoms with Crippen LogP contribution < -0.4 is 0 Å². The van der Waals surface area contributed by atoms with Crippen molar-refractivity contribution in [2.45, 2.75) is 44.8 Å². The zero-order valence-electron chi connectivity index (χ0n) is 13.1. The van der Waals surface area contributed by atoms with Crippen molar-refractivity contribution in [1.29, 1.82) is 0 Å². The number of aryl methyl sites for hydroxylation is 1. The van der Waals surface area contributed by atoms with E-state index < -0.39 is 6.10 Å². The minimum Gasteiger partial charge on any atom is -0.391 e. The summed E-state index contributed by atoms with van der Waals surface area (Å²) in [6, 6.07) is -0.0370. The molecular weight excluding hydrogens is 314 g/mol. The fourth-order valence-corrected chi connectivity index (χ4v) is 3.68. The molecule has 1 saturated heterocycles. The second kappa shape index (κ2) is 7.18. The first-order valence-corrected chi connectivity index (χ1v) is 8.74. The smallest absolute Gasteiger partial charge is 0.267 e. The summed E-state index contributed by atoms with van der Waals surface area (Å²) >= 11 is 1.17. The average Bonchev–Trinajstić information content (AvgIpc) is 3.19. The number of rotatable bonds is 4. The first-order valence-electron chi connectivity index (χ1n) is 7.96. The SMILES string of the molecule is CCCc1nnsc1C(=O)N1CC[C@H](O)[C@@H](n2ccnc2)CC1. The maximum absolute atomic E-state index is 12.8. The Hall–Kier alpha value is -1.80. The third-order valence-corrected chi connectivity index (χ3v) is 5.02. The molecule has 0 spiro atoms. The zero-order valence-corrected chi connectivity index (χ0v) is 13.9. The van der Waals surface area contributed by atoms with Gasteiger partial charge >= 0.3 is 0 Å². The number of carbonyl (C=O) groups excluding carboxylic acids is 1. The molecule has 0 radical (unpaired) electrons. The van der Waals surface area contributed by atoms with Crippen LogP contribution in [0.15, 0.2) is 18.7 Å². The van der Waals surface area contributed by atoms with E-state index in [0.29, 0.717) is 30.8 Å². The van der Waals surface area contributed by atoms with E-state index in [2.05, 4.69) is 21.5 Å². The Kier molecular flexibility index (Phi) is 5.02. The maximum Gasteiger partial charge on any atom is 0.267 e. The van der Waals surface area contributed by atoms with Gasteiger partial charge in [0, 0.05) is 25.5 Å². The normalized spacial score (nSPS) is 22.1. The highest BCUT2D eigenvalue weighted by atomic mass is 32.1. The number of imidazole rings is 1. The van der Waals surface area contributed by atoms with Crippen LogP contribution in [0.2, 0.25) is 0 Å². The van der Waals surface area contributed by atoms with E-state index in [1.807, 2.05) is 15.7 Å². The van der Waals surface area contributed by atoms with Crippen LogP contribution in [0.3, 0.4) is 0 Å². The maximum atomic E-state index is 12.8. The third kappa shape index (κ3) is 3.42. The summed E-state index contributed by atoms with van der Waals surface area (Å²) in [5, 5.41) is 14.5. The van der Waals surface area contributed by atoms with Gasteiger partial charge in [-0.25, -0.2) is 4.98 Å². The van der Waals surface area contributed by atoms with Crippen LogP contribution in [-0.2, 0) is 6.42 Å². The Balaban J connectivity index is 1.72. The first-order chi connectivity index (χ1) is 11.2. The van der Waals surface area contributed by atoms with E-state index in [-0.39, 0.29) is 11.9 Å². The number of likely N-dealkylation sites (tertiary alicyclic amines) is 1. The predicted molar refractivity (Wildman–Crippen MR) is 86.3 cm³/mol. The Morgan fingerprint density at radius 3 is 3.00 bits per heavy atom. The van der Waals surface area contributed by atoms with E-state index >= 15 is 0 Å². The van der Waals surface area contributed by atoms with Gasteiger partial charge in [-0.1, -0.05) is 17.8 Å². The van der Waals surface area contributed by atoms with Gasteiger partial charge in [-0.05, 0) is 30.8 Å². The van der Waals surface area contributed by atoms with Crippen LogP contribution in [-0.4, -0.2) is 54.2 Å². The molecule has 2 aromatic heterocycles. The van der Waals surface area contributed by atoms with Crippen LogP contribution in [0.1, 0.15) is 47.6 Å². The number of hydrogen-bond acceptors (Lipinski definition) is 6. The van der Waals surface area contributed by atoms with Gasteiger partial charge in [0.15, 0.2) is 0 Å². The highest BCUT2D eigenvalue weighted by Gasteiger charge is 2.29. The molecule has 1 amide bonds. The average molecular weight is 335 g/mol. The number of aliphatic hydroxyl groups is 1. The second-order valence-corrected chi connectivity index (χ2v) is 6.57. The Morgan fingerprint density at radius 2 is 2.26 bits per heavy atom. The van der Waals surface area contributed by atoms with E-state index in [1.54, 1.807) is 12.5 Å². The van der Waals surface area contributed by atoms with Crippen molar-refractivity contribution in [3.05, 3.63) is 29.3 Å². The van der Waals surface area contributed by atoms with E-state index in [1.165, 1.54) is 11.5 Å². The third-order valence-electron chi connectivity index (χ3n) is 4.27. The Labute approximate surface area is 139 Å². The number of carbonyl (C=O) groups is 1. The van der Waals surface area contributed by atoms with Crippen LogP contribution in [0, 0.1) is 0 Å². The van der Waals surface area contributed by atoms with Crippen LogP contribution >= 0.6 is 11.5 Å². The van der Waals surface area contributed by atoms with Crippen LogP contribution in [0.4, 0.5) is 0 Å². The van der Waals surface area contributed by atoms with Crippen LogP contribution in [0.25, 0.3) is 0 Å². The Morgan fingerprint density at radius 1 is 1.43 bits per heavy atom. The summed E-state index contributed by atoms with van der Waals surface area (Å²) in [6.07, 6.45) is 7.79. The molecule has 1 aliphatic heterocycles. The van der Waals surface area contributed by atoms with Crippen molar-refractivity contribution in [2.24, 2.45) is 0 Å². The monoisotopic (exact) mass is 335 g/mol. The first kappa shape index (κ1) is 16.1. The molecule has 2 atom stereocenters. The van der Waals surface area contributed by atoms with Crippen molar-refractivity contribution < 1.29 is 9.90 Å². The van der Waals surface area contributed by atoms with Gasteiger partial charge in [0.2, 0.25) is 0 Å². The number of aromatic nitrogens is 4. The van der Waals surface area contributed by atoms with Gasteiger partial charge in [0.25, 0.3) is 5.91 Å². The van der Waals surface area contributed by atoms with Crippen LogP contribution in [0.5, 0.6) is 0 Å². The van der Waals surface area contributed by atoms with Gasteiger partial charge in [0.05, 0.1) is 24.2 Å².